The lowest BCUT2D eigenvalue weighted by Crippen LogP contribution is -2.26. The monoisotopic (exact) mass is 289 g/mol. The molecule has 2 aromatic heterocycles. The number of nitrogens with zero attached hydrogens (tertiary/aromatic N) is 3. The first-order valence-corrected chi connectivity index (χ1v) is 6.84. The minimum Gasteiger partial charge on any atom is -0.368 e. The lowest BCUT2D eigenvalue weighted by molar-refractivity contribution is -0.118. The fourth-order valence-corrected chi connectivity index (χ4v) is 1.64. The minimum atomic E-state index is -0.0440. The molecule has 0 aliphatic heterocycles. The molecule has 0 aliphatic carbocycles. The fraction of sp³-hybridized carbons (Fsp3) is 0.429. The number of amides is 1. The Kier molecular flexibility index (Phi) is 4.86. The third kappa shape index (κ3) is 4.27. The Morgan fingerprint density at radius 3 is 2.71 bits per heavy atom. The molecule has 0 atom stereocenters. The van der Waals surface area contributed by atoms with Crippen LogP contribution in [0.4, 0.5) is 5.82 Å². The summed E-state index contributed by atoms with van der Waals surface area (Å²) in [6.45, 7) is 6.68. The van der Waals surface area contributed by atoms with Crippen LogP contribution in [-0.4, -0.2) is 34.1 Å². The first-order chi connectivity index (χ1) is 10.1. The quantitative estimate of drug-likeness (QED) is 0.788. The van der Waals surface area contributed by atoms with E-state index in [1.165, 1.54) is 6.92 Å². The molecule has 2 aromatic rings. The standard InChI is InChI=1S/C14H19N5O2/c1-9(2)13-18-14(21-19-13)11-4-5-12(17-8-11)16-7-6-15-10(3)20/h4-5,8-9H,6-7H2,1-3H3,(H,15,20)(H,16,17). The number of pyridine rings is 1. The van der Waals surface area contributed by atoms with Gasteiger partial charge in [-0.15, -0.1) is 0 Å². The molecular weight excluding hydrogens is 270 g/mol. The van der Waals surface area contributed by atoms with Crippen LogP contribution in [0.2, 0.25) is 0 Å². The molecule has 112 valence electrons. The largest absolute Gasteiger partial charge is 0.368 e. The normalized spacial score (nSPS) is 10.7. The van der Waals surface area contributed by atoms with Crippen molar-refractivity contribution >= 4 is 11.7 Å². The van der Waals surface area contributed by atoms with Crippen molar-refractivity contribution in [2.24, 2.45) is 0 Å². The van der Waals surface area contributed by atoms with Crippen LogP contribution >= 0.6 is 0 Å². The van der Waals surface area contributed by atoms with E-state index in [0.29, 0.717) is 24.8 Å². The summed E-state index contributed by atoms with van der Waals surface area (Å²) >= 11 is 0. The van der Waals surface area contributed by atoms with Crippen molar-refractivity contribution in [2.45, 2.75) is 26.7 Å². The van der Waals surface area contributed by atoms with Crippen LogP contribution in [0.1, 0.15) is 32.5 Å². The predicted molar refractivity (Wildman–Crippen MR) is 78.8 cm³/mol. The van der Waals surface area contributed by atoms with Crippen molar-refractivity contribution in [2.75, 3.05) is 18.4 Å². The van der Waals surface area contributed by atoms with Gasteiger partial charge in [-0.3, -0.25) is 4.79 Å². The Morgan fingerprint density at radius 2 is 2.14 bits per heavy atom. The second-order valence-electron chi connectivity index (χ2n) is 4.95. The molecule has 21 heavy (non-hydrogen) atoms. The summed E-state index contributed by atoms with van der Waals surface area (Å²) in [5.74, 6) is 2.06. The summed E-state index contributed by atoms with van der Waals surface area (Å²) in [5.41, 5.74) is 0.779. The molecule has 0 saturated carbocycles. The number of aromatic nitrogens is 3. The summed E-state index contributed by atoms with van der Waals surface area (Å²) in [6, 6.07) is 3.70. The molecule has 2 heterocycles. The van der Waals surface area contributed by atoms with E-state index in [0.717, 1.165) is 11.4 Å². The van der Waals surface area contributed by atoms with Crippen LogP contribution < -0.4 is 10.6 Å². The molecule has 0 spiro atoms. The maximum atomic E-state index is 10.7. The summed E-state index contributed by atoms with van der Waals surface area (Å²) in [6.07, 6.45) is 1.68. The fourth-order valence-electron chi connectivity index (χ4n) is 1.64. The van der Waals surface area contributed by atoms with Gasteiger partial charge in [0.25, 0.3) is 5.89 Å². The molecule has 0 saturated heterocycles. The highest BCUT2D eigenvalue weighted by Gasteiger charge is 2.11. The molecule has 2 N–H and O–H groups in total. The number of carbonyl (C=O) groups excluding carboxylic acids is 1. The summed E-state index contributed by atoms with van der Waals surface area (Å²) in [4.78, 5) is 19.3. The van der Waals surface area contributed by atoms with Gasteiger partial charge in [0.05, 0.1) is 5.56 Å². The van der Waals surface area contributed by atoms with E-state index < -0.39 is 0 Å². The first-order valence-electron chi connectivity index (χ1n) is 6.84. The van der Waals surface area contributed by atoms with E-state index in [-0.39, 0.29) is 11.8 Å². The molecule has 0 aliphatic rings. The van der Waals surface area contributed by atoms with Crippen molar-refractivity contribution in [3.63, 3.8) is 0 Å². The molecule has 0 aromatic carbocycles. The number of carbonyl (C=O) groups is 1. The lowest BCUT2D eigenvalue weighted by Gasteiger charge is -2.05. The highest BCUT2D eigenvalue weighted by atomic mass is 16.5. The maximum absolute atomic E-state index is 10.7. The molecule has 2 rings (SSSR count). The van der Waals surface area contributed by atoms with Gasteiger partial charge in [0.15, 0.2) is 5.82 Å². The van der Waals surface area contributed by atoms with Crippen molar-refractivity contribution in [1.82, 2.24) is 20.4 Å². The average molecular weight is 289 g/mol. The van der Waals surface area contributed by atoms with Gasteiger partial charge in [-0.25, -0.2) is 4.98 Å². The average Bonchev–Trinajstić information content (AvgIpc) is 2.94. The van der Waals surface area contributed by atoms with Gasteiger partial charge in [-0.05, 0) is 12.1 Å². The lowest BCUT2D eigenvalue weighted by atomic mass is 10.2. The molecule has 0 radical (unpaired) electrons. The van der Waals surface area contributed by atoms with Crippen molar-refractivity contribution < 1.29 is 9.32 Å². The number of nitrogens with one attached hydrogen (secondary N) is 2. The molecular formula is C14H19N5O2. The Balaban J connectivity index is 1.93. The highest BCUT2D eigenvalue weighted by Crippen LogP contribution is 2.20. The minimum absolute atomic E-state index is 0.0440. The zero-order valence-electron chi connectivity index (χ0n) is 12.4. The topological polar surface area (TPSA) is 92.9 Å². The maximum Gasteiger partial charge on any atom is 0.259 e. The van der Waals surface area contributed by atoms with Crippen LogP contribution in [0.5, 0.6) is 0 Å². The number of anilines is 1. The van der Waals surface area contributed by atoms with Gasteiger partial charge in [-0.1, -0.05) is 19.0 Å². The van der Waals surface area contributed by atoms with Gasteiger partial charge in [-0.2, -0.15) is 4.98 Å². The molecule has 7 nitrogen and oxygen atoms in total. The van der Waals surface area contributed by atoms with Gasteiger partial charge < -0.3 is 15.2 Å². The van der Waals surface area contributed by atoms with Crippen LogP contribution in [0.3, 0.4) is 0 Å². The van der Waals surface area contributed by atoms with E-state index in [2.05, 4.69) is 25.8 Å². The molecule has 7 heteroatoms. The number of rotatable bonds is 6. The SMILES string of the molecule is CC(=O)NCCNc1ccc(-c2nc(C(C)C)no2)cn1. The second kappa shape index (κ2) is 6.83. The Morgan fingerprint density at radius 1 is 1.33 bits per heavy atom. The van der Waals surface area contributed by atoms with Gasteiger partial charge in [0, 0.05) is 32.1 Å². The summed E-state index contributed by atoms with van der Waals surface area (Å²) in [7, 11) is 0. The molecule has 0 unspecified atom stereocenters. The third-order valence-corrected chi connectivity index (χ3v) is 2.77. The Bertz CT molecular complexity index is 592. The molecule has 1 amide bonds. The third-order valence-electron chi connectivity index (χ3n) is 2.77. The van der Waals surface area contributed by atoms with Crippen LogP contribution in [0, 0.1) is 0 Å². The van der Waals surface area contributed by atoms with Gasteiger partial charge in [0.1, 0.15) is 5.82 Å². The zero-order chi connectivity index (χ0) is 15.2. The first kappa shape index (κ1) is 15.0. The number of hydrogen-bond donors (Lipinski definition) is 2. The van der Waals surface area contributed by atoms with Gasteiger partial charge in [0.2, 0.25) is 5.91 Å². The Hall–Kier alpha value is -2.44. The van der Waals surface area contributed by atoms with E-state index in [1.54, 1.807) is 6.20 Å². The number of hydrogen-bond acceptors (Lipinski definition) is 6. The van der Waals surface area contributed by atoms with Gasteiger partial charge >= 0.3 is 0 Å². The van der Waals surface area contributed by atoms with E-state index in [1.807, 2.05) is 26.0 Å². The van der Waals surface area contributed by atoms with E-state index in [9.17, 15) is 4.79 Å². The predicted octanol–water partition coefficient (Wildman–Crippen LogP) is 1.80. The van der Waals surface area contributed by atoms with Crippen LogP contribution in [0.25, 0.3) is 11.5 Å². The summed E-state index contributed by atoms with van der Waals surface area (Å²) < 4.78 is 5.21. The molecule has 0 bridgehead atoms. The van der Waals surface area contributed by atoms with E-state index in [4.69, 9.17) is 4.52 Å². The van der Waals surface area contributed by atoms with Crippen LogP contribution in [0.15, 0.2) is 22.9 Å². The Labute approximate surface area is 123 Å². The second-order valence-corrected chi connectivity index (χ2v) is 4.95. The zero-order valence-corrected chi connectivity index (χ0v) is 12.4. The van der Waals surface area contributed by atoms with Crippen molar-refractivity contribution in [1.29, 1.82) is 0 Å². The van der Waals surface area contributed by atoms with E-state index >= 15 is 0 Å². The van der Waals surface area contributed by atoms with Crippen LogP contribution in [-0.2, 0) is 4.79 Å². The molecule has 0 fully saturated rings. The summed E-state index contributed by atoms with van der Waals surface area (Å²) in [5, 5.41) is 9.74. The smallest absolute Gasteiger partial charge is 0.259 e. The van der Waals surface area contributed by atoms with Crippen molar-refractivity contribution in [3.8, 4) is 11.5 Å². The highest BCUT2D eigenvalue weighted by molar-refractivity contribution is 5.72. The van der Waals surface area contributed by atoms with Crippen molar-refractivity contribution in [3.05, 3.63) is 24.2 Å².